The molecule has 1 fully saturated rings. The van der Waals surface area contributed by atoms with Crippen LogP contribution >= 0.6 is 11.6 Å². The SMILES string of the molecule is Cc1cnc(-c2c[nH]c3ncc(Cl)cc23)nc1N1CCC[C@H]1C(=O)NCC(F)(F)F. The predicted molar refractivity (Wildman–Crippen MR) is 106 cm³/mol. The maximum absolute atomic E-state index is 12.5. The third kappa shape index (κ3) is 4.04. The van der Waals surface area contributed by atoms with E-state index in [0.29, 0.717) is 47.3 Å². The minimum Gasteiger partial charge on any atom is -0.345 e. The first-order chi connectivity index (χ1) is 14.2. The quantitative estimate of drug-likeness (QED) is 0.649. The number of nitrogens with zero attached hydrogens (tertiary/aromatic N) is 4. The summed E-state index contributed by atoms with van der Waals surface area (Å²) in [4.78, 5) is 30.4. The molecule has 11 heteroatoms. The van der Waals surface area contributed by atoms with E-state index in [2.05, 4.69) is 19.9 Å². The average molecular weight is 439 g/mol. The number of aromatic amines is 1. The normalized spacial score (nSPS) is 17.0. The van der Waals surface area contributed by atoms with Crippen molar-refractivity contribution in [1.82, 2.24) is 25.3 Å². The molecule has 2 N–H and O–H groups in total. The standard InChI is InChI=1S/C19H18ClF3N6O/c1-10-6-24-16(13-8-26-15-12(13)5-11(20)7-25-15)28-17(10)29-4-2-3-14(29)18(30)27-9-19(21,22)23/h5-8,14H,2-4,9H2,1H3,(H,25,26)(H,27,30)/t14-/m0/s1. The molecule has 3 aromatic rings. The van der Waals surface area contributed by atoms with E-state index < -0.39 is 24.7 Å². The molecule has 0 radical (unpaired) electrons. The van der Waals surface area contributed by atoms with Crippen LogP contribution in [-0.2, 0) is 4.79 Å². The van der Waals surface area contributed by atoms with Crippen LogP contribution < -0.4 is 10.2 Å². The van der Waals surface area contributed by atoms with E-state index in [0.717, 1.165) is 10.9 Å². The molecule has 1 atom stereocenters. The zero-order valence-electron chi connectivity index (χ0n) is 15.9. The van der Waals surface area contributed by atoms with E-state index in [1.54, 1.807) is 30.3 Å². The van der Waals surface area contributed by atoms with Crippen molar-refractivity contribution in [2.45, 2.75) is 32.0 Å². The molecule has 30 heavy (non-hydrogen) atoms. The van der Waals surface area contributed by atoms with Gasteiger partial charge in [-0.25, -0.2) is 15.0 Å². The molecule has 158 valence electrons. The second-order valence-corrected chi connectivity index (χ2v) is 7.57. The molecule has 1 aliphatic rings. The first-order valence-electron chi connectivity index (χ1n) is 9.30. The summed E-state index contributed by atoms with van der Waals surface area (Å²) in [6, 6.07) is 1.04. The molecule has 0 aromatic carbocycles. The van der Waals surface area contributed by atoms with E-state index in [4.69, 9.17) is 11.6 Å². The molecule has 4 rings (SSSR count). The predicted octanol–water partition coefficient (Wildman–Crippen LogP) is 3.63. The van der Waals surface area contributed by atoms with Crippen LogP contribution in [0.15, 0.2) is 24.7 Å². The van der Waals surface area contributed by atoms with Crippen LogP contribution in [0.2, 0.25) is 5.02 Å². The molecule has 1 aliphatic heterocycles. The lowest BCUT2D eigenvalue weighted by Gasteiger charge is -2.26. The van der Waals surface area contributed by atoms with Crippen molar-refractivity contribution in [2.24, 2.45) is 0 Å². The zero-order valence-corrected chi connectivity index (χ0v) is 16.7. The molecule has 0 spiro atoms. The van der Waals surface area contributed by atoms with Gasteiger partial charge in [-0.1, -0.05) is 11.6 Å². The molecule has 0 unspecified atom stereocenters. The summed E-state index contributed by atoms with van der Waals surface area (Å²) >= 11 is 6.06. The zero-order chi connectivity index (χ0) is 21.5. The number of amides is 1. The van der Waals surface area contributed by atoms with Gasteiger partial charge in [0.15, 0.2) is 5.82 Å². The summed E-state index contributed by atoms with van der Waals surface area (Å²) in [7, 11) is 0. The van der Waals surface area contributed by atoms with Crippen molar-refractivity contribution < 1.29 is 18.0 Å². The Kier molecular flexibility index (Phi) is 5.27. The fourth-order valence-electron chi connectivity index (χ4n) is 3.61. The third-order valence-electron chi connectivity index (χ3n) is 4.97. The number of hydrogen-bond donors (Lipinski definition) is 2. The Morgan fingerprint density at radius 1 is 1.37 bits per heavy atom. The number of H-pyrrole nitrogens is 1. The summed E-state index contributed by atoms with van der Waals surface area (Å²) < 4.78 is 37.5. The third-order valence-corrected chi connectivity index (χ3v) is 5.18. The van der Waals surface area contributed by atoms with Crippen molar-refractivity contribution in [3.05, 3.63) is 35.2 Å². The van der Waals surface area contributed by atoms with Gasteiger partial charge in [-0.05, 0) is 25.8 Å². The maximum atomic E-state index is 12.5. The number of nitrogens with one attached hydrogen (secondary N) is 2. The van der Waals surface area contributed by atoms with Crippen molar-refractivity contribution in [1.29, 1.82) is 0 Å². The summed E-state index contributed by atoms with van der Waals surface area (Å²) in [5, 5.41) is 3.20. The van der Waals surface area contributed by atoms with E-state index in [1.807, 2.05) is 5.32 Å². The highest BCUT2D eigenvalue weighted by Gasteiger charge is 2.35. The maximum Gasteiger partial charge on any atom is 0.405 e. The summed E-state index contributed by atoms with van der Waals surface area (Å²) in [5.41, 5.74) is 2.05. The number of alkyl halides is 3. The summed E-state index contributed by atoms with van der Waals surface area (Å²) in [6.45, 7) is 0.964. The van der Waals surface area contributed by atoms with Gasteiger partial charge >= 0.3 is 6.18 Å². The largest absolute Gasteiger partial charge is 0.405 e. The first-order valence-corrected chi connectivity index (χ1v) is 9.68. The minimum atomic E-state index is -4.46. The lowest BCUT2D eigenvalue weighted by Crippen LogP contribution is -2.46. The Morgan fingerprint density at radius 3 is 2.93 bits per heavy atom. The van der Waals surface area contributed by atoms with Crippen LogP contribution in [0.25, 0.3) is 22.4 Å². The number of halogens is 4. The van der Waals surface area contributed by atoms with E-state index in [-0.39, 0.29) is 0 Å². The number of carbonyl (C=O) groups is 1. The molecule has 3 aromatic heterocycles. The van der Waals surface area contributed by atoms with Crippen LogP contribution in [0.3, 0.4) is 0 Å². The van der Waals surface area contributed by atoms with Crippen molar-refractivity contribution in [3.63, 3.8) is 0 Å². The van der Waals surface area contributed by atoms with Crippen LogP contribution in [0, 0.1) is 6.92 Å². The lowest BCUT2D eigenvalue weighted by atomic mass is 10.2. The monoisotopic (exact) mass is 438 g/mol. The number of carbonyl (C=O) groups excluding carboxylic acids is 1. The Balaban J connectivity index is 1.66. The topological polar surface area (TPSA) is 86.8 Å². The van der Waals surface area contributed by atoms with Gasteiger partial charge in [0.2, 0.25) is 5.91 Å². The van der Waals surface area contributed by atoms with Gasteiger partial charge in [-0.2, -0.15) is 13.2 Å². The minimum absolute atomic E-state index is 0.410. The van der Waals surface area contributed by atoms with Crippen molar-refractivity contribution >= 4 is 34.4 Å². The number of pyridine rings is 1. The molecule has 7 nitrogen and oxygen atoms in total. The number of aromatic nitrogens is 4. The Morgan fingerprint density at radius 2 is 2.17 bits per heavy atom. The number of rotatable bonds is 4. The Labute approximate surface area is 174 Å². The number of aryl methyl sites for hydroxylation is 1. The van der Waals surface area contributed by atoms with Gasteiger partial charge in [0.05, 0.1) is 5.02 Å². The molecule has 1 saturated heterocycles. The summed E-state index contributed by atoms with van der Waals surface area (Å²) in [6.07, 6.45) is 1.56. The molecule has 1 amide bonds. The van der Waals surface area contributed by atoms with Gasteiger partial charge in [0.25, 0.3) is 0 Å². The molecular weight excluding hydrogens is 421 g/mol. The Bertz CT molecular complexity index is 1100. The smallest absolute Gasteiger partial charge is 0.345 e. The molecular formula is C19H18ClF3N6O. The lowest BCUT2D eigenvalue weighted by molar-refractivity contribution is -0.139. The second-order valence-electron chi connectivity index (χ2n) is 7.14. The number of fused-ring (bicyclic) bond motifs is 1. The highest BCUT2D eigenvalue weighted by Crippen LogP contribution is 2.31. The molecule has 0 saturated carbocycles. The van der Waals surface area contributed by atoms with Gasteiger partial charge < -0.3 is 15.2 Å². The molecule has 0 aliphatic carbocycles. The van der Waals surface area contributed by atoms with Crippen molar-refractivity contribution in [3.8, 4) is 11.4 Å². The first kappa shape index (κ1) is 20.4. The fourth-order valence-corrected chi connectivity index (χ4v) is 3.77. The highest BCUT2D eigenvalue weighted by atomic mass is 35.5. The van der Waals surface area contributed by atoms with Gasteiger partial charge in [0.1, 0.15) is 24.1 Å². The number of hydrogen-bond acceptors (Lipinski definition) is 5. The average Bonchev–Trinajstić information content (AvgIpc) is 3.33. The van der Waals surface area contributed by atoms with Crippen LogP contribution in [0.1, 0.15) is 18.4 Å². The van der Waals surface area contributed by atoms with Crippen LogP contribution in [0.5, 0.6) is 0 Å². The Hall–Kier alpha value is -2.88. The second kappa shape index (κ2) is 7.75. The van der Waals surface area contributed by atoms with Crippen LogP contribution in [-0.4, -0.2) is 51.2 Å². The number of anilines is 1. The van der Waals surface area contributed by atoms with E-state index in [1.165, 1.54) is 6.20 Å². The van der Waals surface area contributed by atoms with E-state index >= 15 is 0 Å². The highest BCUT2D eigenvalue weighted by molar-refractivity contribution is 6.31. The fraction of sp³-hybridized carbons (Fsp3) is 0.368. The van der Waals surface area contributed by atoms with Crippen molar-refractivity contribution in [2.75, 3.05) is 18.0 Å². The molecule has 4 heterocycles. The van der Waals surface area contributed by atoms with Gasteiger partial charge in [-0.3, -0.25) is 4.79 Å². The van der Waals surface area contributed by atoms with Gasteiger partial charge in [-0.15, -0.1) is 0 Å². The van der Waals surface area contributed by atoms with Gasteiger partial charge in [0, 0.05) is 41.6 Å². The summed E-state index contributed by atoms with van der Waals surface area (Å²) in [5.74, 6) is 0.272. The van der Waals surface area contributed by atoms with E-state index in [9.17, 15) is 18.0 Å². The molecule has 0 bridgehead atoms. The van der Waals surface area contributed by atoms with Crippen LogP contribution in [0.4, 0.5) is 19.0 Å².